The first-order valence-electron chi connectivity index (χ1n) is 8.14. The molecule has 134 valence electrons. The molecule has 2 N–H and O–H groups in total. The van der Waals surface area contributed by atoms with Crippen molar-refractivity contribution in [2.45, 2.75) is 39.4 Å². The maximum absolute atomic E-state index is 12.2. The van der Waals surface area contributed by atoms with E-state index in [1.807, 2.05) is 24.0 Å². The molecule has 0 saturated carbocycles. The molecule has 1 aliphatic rings. The Morgan fingerprint density at radius 2 is 2.20 bits per heavy atom. The first-order valence-corrected chi connectivity index (χ1v) is 8.14. The summed E-state index contributed by atoms with van der Waals surface area (Å²) in [6.07, 6.45) is 0.0542. The number of furan rings is 1. The molecule has 0 radical (unpaired) electrons. The van der Waals surface area contributed by atoms with Crippen LogP contribution in [0.4, 0.5) is 0 Å². The predicted octanol–water partition coefficient (Wildman–Crippen LogP) is 0.286. The number of carbonyl (C=O) groups excluding carboxylic acids is 2. The van der Waals surface area contributed by atoms with Crippen LogP contribution in [0.3, 0.4) is 0 Å². The first kappa shape index (κ1) is 17.2. The van der Waals surface area contributed by atoms with Gasteiger partial charge in [0.1, 0.15) is 11.5 Å². The van der Waals surface area contributed by atoms with Crippen LogP contribution in [0.15, 0.2) is 21.0 Å². The number of amides is 2. The van der Waals surface area contributed by atoms with Crippen LogP contribution in [0.1, 0.15) is 29.7 Å². The lowest BCUT2D eigenvalue weighted by atomic mass is 10.1. The topological polar surface area (TPSA) is 114 Å². The van der Waals surface area contributed by atoms with Gasteiger partial charge in [0, 0.05) is 20.0 Å². The number of piperazine rings is 1. The van der Waals surface area contributed by atoms with E-state index in [1.54, 1.807) is 6.92 Å². The Morgan fingerprint density at radius 3 is 2.88 bits per heavy atom. The summed E-state index contributed by atoms with van der Waals surface area (Å²) in [5.41, 5.74) is 0. The van der Waals surface area contributed by atoms with E-state index in [1.165, 1.54) is 0 Å². The third-order valence-electron chi connectivity index (χ3n) is 3.98. The molecule has 3 heterocycles. The van der Waals surface area contributed by atoms with Crippen molar-refractivity contribution in [3.05, 3.63) is 35.4 Å². The van der Waals surface area contributed by atoms with Crippen LogP contribution in [0, 0.1) is 13.8 Å². The summed E-state index contributed by atoms with van der Waals surface area (Å²) in [4.78, 5) is 26.4. The number of hydrogen-bond donors (Lipinski definition) is 2. The summed E-state index contributed by atoms with van der Waals surface area (Å²) in [5, 5.41) is 13.0. The number of aromatic nitrogens is 2. The van der Waals surface area contributed by atoms with Gasteiger partial charge in [-0.15, -0.1) is 10.2 Å². The maximum atomic E-state index is 12.2. The maximum Gasteiger partial charge on any atom is 0.237 e. The Morgan fingerprint density at radius 1 is 1.36 bits per heavy atom. The van der Waals surface area contributed by atoms with E-state index < -0.39 is 6.04 Å². The van der Waals surface area contributed by atoms with Gasteiger partial charge in [0.05, 0.1) is 25.6 Å². The highest BCUT2D eigenvalue weighted by atomic mass is 16.4. The van der Waals surface area contributed by atoms with Crippen LogP contribution in [0.5, 0.6) is 0 Å². The number of nitrogens with one attached hydrogen (secondary N) is 2. The molecule has 3 rings (SSSR count). The summed E-state index contributed by atoms with van der Waals surface area (Å²) in [5.74, 6) is 1.97. The molecule has 1 saturated heterocycles. The Hall–Kier alpha value is -2.68. The van der Waals surface area contributed by atoms with Crippen molar-refractivity contribution < 1.29 is 18.4 Å². The van der Waals surface area contributed by atoms with Gasteiger partial charge in [-0.3, -0.25) is 14.5 Å². The lowest BCUT2D eigenvalue weighted by molar-refractivity contribution is -0.134. The molecule has 2 aromatic heterocycles. The molecule has 0 bridgehead atoms. The zero-order chi connectivity index (χ0) is 17.8. The van der Waals surface area contributed by atoms with Crippen molar-refractivity contribution in [1.29, 1.82) is 0 Å². The smallest absolute Gasteiger partial charge is 0.237 e. The Bertz CT molecular complexity index is 753. The molecule has 1 aliphatic heterocycles. The Kier molecular flexibility index (Phi) is 5.13. The van der Waals surface area contributed by atoms with Crippen molar-refractivity contribution >= 4 is 11.8 Å². The van der Waals surface area contributed by atoms with Crippen LogP contribution >= 0.6 is 0 Å². The van der Waals surface area contributed by atoms with Crippen LogP contribution in [0.2, 0.25) is 0 Å². The van der Waals surface area contributed by atoms with Crippen molar-refractivity contribution in [2.75, 3.05) is 13.1 Å². The van der Waals surface area contributed by atoms with Crippen molar-refractivity contribution in [3.8, 4) is 0 Å². The van der Waals surface area contributed by atoms with Crippen LogP contribution in [-0.4, -0.2) is 46.0 Å². The molecule has 1 atom stereocenters. The summed E-state index contributed by atoms with van der Waals surface area (Å²) in [6, 6.07) is 3.23. The molecule has 25 heavy (non-hydrogen) atoms. The van der Waals surface area contributed by atoms with Gasteiger partial charge in [0.25, 0.3) is 0 Å². The van der Waals surface area contributed by atoms with Gasteiger partial charge in [-0.2, -0.15) is 0 Å². The minimum absolute atomic E-state index is 0.0542. The van der Waals surface area contributed by atoms with E-state index in [0.717, 1.165) is 11.5 Å². The summed E-state index contributed by atoms with van der Waals surface area (Å²) >= 11 is 0. The molecule has 2 amide bonds. The molecule has 1 fully saturated rings. The summed E-state index contributed by atoms with van der Waals surface area (Å²) in [7, 11) is 0. The van der Waals surface area contributed by atoms with E-state index in [-0.39, 0.29) is 24.8 Å². The number of hydrogen-bond acceptors (Lipinski definition) is 7. The molecular formula is C16H21N5O4. The Labute approximate surface area is 144 Å². The highest BCUT2D eigenvalue weighted by Crippen LogP contribution is 2.16. The van der Waals surface area contributed by atoms with Gasteiger partial charge in [-0.05, 0) is 19.1 Å². The third-order valence-corrected chi connectivity index (χ3v) is 3.98. The van der Waals surface area contributed by atoms with Crippen molar-refractivity contribution in [2.24, 2.45) is 0 Å². The van der Waals surface area contributed by atoms with Crippen LogP contribution < -0.4 is 10.6 Å². The normalized spacial score (nSPS) is 18.2. The molecule has 0 aromatic carbocycles. The fourth-order valence-electron chi connectivity index (χ4n) is 2.77. The van der Waals surface area contributed by atoms with Gasteiger partial charge < -0.3 is 19.5 Å². The minimum Gasteiger partial charge on any atom is -0.465 e. The van der Waals surface area contributed by atoms with E-state index >= 15 is 0 Å². The highest BCUT2D eigenvalue weighted by Gasteiger charge is 2.32. The SMILES string of the molecule is Cc1ccc(CN2CCNC(=O)C2CC(=O)NCc2nnc(C)o2)o1. The zero-order valence-corrected chi connectivity index (χ0v) is 14.2. The molecule has 0 aliphatic carbocycles. The van der Waals surface area contributed by atoms with Crippen molar-refractivity contribution in [1.82, 2.24) is 25.7 Å². The number of carbonyl (C=O) groups is 2. The number of nitrogens with zero attached hydrogens (tertiary/aromatic N) is 3. The largest absolute Gasteiger partial charge is 0.465 e. The number of rotatable bonds is 6. The predicted molar refractivity (Wildman–Crippen MR) is 86.2 cm³/mol. The monoisotopic (exact) mass is 347 g/mol. The Balaban J connectivity index is 1.58. The molecule has 9 nitrogen and oxygen atoms in total. The lowest BCUT2D eigenvalue weighted by Gasteiger charge is -2.34. The van der Waals surface area contributed by atoms with Gasteiger partial charge in [0.15, 0.2) is 0 Å². The molecule has 2 aromatic rings. The summed E-state index contributed by atoms with van der Waals surface area (Å²) < 4.78 is 10.8. The second-order valence-electron chi connectivity index (χ2n) is 5.99. The zero-order valence-electron chi connectivity index (χ0n) is 14.2. The van der Waals surface area contributed by atoms with E-state index in [4.69, 9.17) is 8.83 Å². The number of aryl methyl sites for hydroxylation is 2. The first-order chi connectivity index (χ1) is 12.0. The van der Waals surface area contributed by atoms with Gasteiger partial charge >= 0.3 is 0 Å². The van der Waals surface area contributed by atoms with E-state index in [9.17, 15) is 9.59 Å². The minimum atomic E-state index is -0.538. The second-order valence-corrected chi connectivity index (χ2v) is 5.99. The summed E-state index contributed by atoms with van der Waals surface area (Å²) in [6.45, 7) is 5.40. The van der Waals surface area contributed by atoms with Crippen LogP contribution in [-0.2, 0) is 22.7 Å². The molecular weight excluding hydrogens is 326 g/mol. The van der Waals surface area contributed by atoms with Crippen molar-refractivity contribution in [3.63, 3.8) is 0 Å². The molecule has 1 unspecified atom stereocenters. The molecule has 9 heteroatoms. The van der Waals surface area contributed by atoms with Gasteiger partial charge in [-0.25, -0.2) is 0 Å². The van der Waals surface area contributed by atoms with E-state index in [2.05, 4.69) is 20.8 Å². The highest BCUT2D eigenvalue weighted by molar-refractivity contribution is 5.88. The third kappa shape index (κ3) is 4.44. The average molecular weight is 347 g/mol. The quantitative estimate of drug-likeness (QED) is 0.772. The van der Waals surface area contributed by atoms with Crippen LogP contribution in [0.25, 0.3) is 0 Å². The standard InChI is InChI=1S/C16H21N5O4/c1-10-3-4-12(24-10)9-21-6-5-17-16(23)13(21)7-14(22)18-8-15-20-19-11(2)25-15/h3-4,13H,5-9H2,1-2H3,(H,17,23)(H,18,22). The van der Waals surface area contributed by atoms with Gasteiger partial charge in [0.2, 0.25) is 23.6 Å². The van der Waals surface area contributed by atoms with E-state index in [0.29, 0.717) is 31.4 Å². The second kappa shape index (κ2) is 7.47. The fourth-order valence-corrected chi connectivity index (χ4v) is 2.77. The molecule has 0 spiro atoms. The average Bonchev–Trinajstić information content (AvgIpc) is 3.17. The fraction of sp³-hybridized carbons (Fsp3) is 0.500. The lowest BCUT2D eigenvalue weighted by Crippen LogP contribution is -2.56. The van der Waals surface area contributed by atoms with Gasteiger partial charge in [-0.1, -0.05) is 0 Å².